The Morgan fingerprint density at radius 2 is 1.10 bits per heavy atom. The molecule has 1 fully saturated rings. The topological polar surface area (TPSA) is 9.23 Å². The summed E-state index contributed by atoms with van der Waals surface area (Å²) in [6, 6.07) is 0. The zero-order valence-electron chi connectivity index (χ0n) is 20.5. The van der Waals surface area contributed by atoms with Crippen LogP contribution in [-0.2, 0) is 4.74 Å². The summed E-state index contributed by atoms with van der Waals surface area (Å²) in [4.78, 5) is 0. The third-order valence-corrected chi connectivity index (χ3v) is 7.10. The quantitative estimate of drug-likeness (QED) is 0.172. The Bertz CT molecular complexity index is 307. The maximum atomic E-state index is 6.42. The lowest BCUT2D eigenvalue weighted by Gasteiger charge is -2.24. The van der Waals surface area contributed by atoms with Crippen LogP contribution in [0.3, 0.4) is 0 Å². The maximum absolute atomic E-state index is 6.42. The van der Waals surface area contributed by atoms with Gasteiger partial charge in [0.25, 0.3) is 0 Å². The summed E-state index contributed by atoms with van der Waals surface area (Å²) >= 11 is 0. The van der Waals surface area contributed by atoms with Gasteiger partial charge in [-0.25, -0.2) is 0 Å². The molecule has 0 spiro atoms. The molecule has 0 saturated heterocycles. The minimum Gasteiger partial charge on any atom is -0.378 e. The fourth-order valence-corrected chi connectivity index (χ4v) is 5.02. The Labute approximate surface area is 185 Å². The average Bonchev–Trinajstić information content (AvgIpc) is 2.75. The van der Waals surface area contributed by atoms with Crippen LogP contribution >= 0.6 is 0 Å². The lowest BCUT2D eigenvalue weighted by molar-refractivity contribution is 0.0320. The van der Waals surface area contributed by atoms with Crippen molar-refractivity contribution in [3.8, 4) is 0 Å². The molecule has 1 heteroatoms. The van der Waals surface area contributed by atoms with Crippen LogP contribution < -0.4 is 0 Å². The summed E-state index contributed by atoms with van der Waals surface area (Å²) in [6.07, 6.45) is 33.1. The van der Waals surface area contributed by atoms with Gasteiger partial charge in [-0.3, -0.25) is 0 Å². The van der Waals surface area contributed by atoms with Crippen LogP contribution in [0.1, 0.15) is 162 Å². The van der Waals surface area contributed by atoms with Crippen molar-refractivity contribution in [2.45, 2.75) is 168 Å². The Kier molecular flexibility index (Phi) is 19.7. The Hall–Kier alpha value is -0.0400. The van der Waals surface area contributed by atoms with Crippen LogP contribution in [0.4, 0.5) is 0 Å². The first-order valence-electron chi connectivity index (χ1n) is 14.0. The summed E-state index contributed by atoms with van der Waals surface area (Å²) < 4.78 is 6.42. The second-order valence-corrected chi connectivity index (χ2v) is 9.96. The molecular formula is C28H56O. The van der Waals surface area contributed by atoms with Gasteiger partial charge in [-0.1, -0.05) is 136 Å². The molecule has 1 nitrogen and oxygen atoms in total. The predicted octanol–water partition coefficient (Wildman–Crippen LogP) is 10.0. The molecule has 0 radical (unpaired) electrons. The molecule has 1 saturated carbocycles. The third kappa shape index (κ3) is 17.3. The second kappa shape index (κ2) is 21.2. The van der Waals surface area contributed by atoms with Crippen LogP contribution in [0.25, 0.3) is 0 Å². The van der Waals surface area contributed by atoms with Crippen LogP contribution in [-0.4, -0.2) is 12.7 Å². The molecule has 174 valence electrons. The van der Waals surface area contributed by atoms with Crippen LogP contribution in [0.15, 0.2) is 0 Å². The van der Waals surface area contributed by atoms with Crippen molar-refractivity contribution in [3.05, 3.63) is 0 Å². The number of ether oxygens (including phenoxy) is 1. The van der Waals surface area contributed by atoms with E-state index in [1.54, 1.807) is 0 Å². The standard InChI is InChI=1S/C28H56O/c1-3-5-7-9-11-13-15-20-26-29-28(23-19-14-12-10-8-6-4-2)25-24-27-21-17-16-18-22-27/h27-28H,3-26H2,1-2H3. The van der Waals surface area contributed by atoms with Gasteiger partial charge < -0.3 is 4.74 Å². The SMILES string of the molecule is CCCCCCCCCCOC(CCCCCCCCC)CCC1CCCCC1. The van der Waals surface area contributed by atoms with E-state index in [0.717, 1.165) is 12.5 Å². The fraction of sp³-hybridized carbons (Fsp3) is 1.00. The van der Waals surface area contributed by atoms with E-state index in [4.69, 9.17) is 4.74 Å². The van der Waals surface area contributed by atoms with Gasteiger partial charge in [-0.15, -0.1) is 0 Å². The first-order chi connectivity index (χ1) is 14.4. The lowest BCUT2D eigenvalue weighted by Crippen LogP contribution is -2.17. The number of hydrogen-bond donors (Lipinski definition) is 0. The maximum Gasteiger partial charge on any atom is 0.0575 e. The fourth-order valence-electron chi connectivity index (χ4n) is 5.02. The molecule has 0 aromatic rings. The molecule has 1 unspecified atom stereocenters. The summed E-state index contributed by atoms with van der Waals surface area (Å²) in [5.41, 5.74) is 0. The Balaban J connectivity index is 2.11. The van der Waals surface area contributed by atoms with Crippen molar-refractivity contribution in [2.24, 2.45) is 5.92 Å². The molecule has 1 atom stereocenters. The number of rotatable bonds is 21. The molecule has 1 rings (SSSR count). The highest BCUT2D eigenvalue weighted by atomic mass is 16.5. The van der Waals surface area contributed by atoms with Crippen molar-refractivity contribution in [1.29, 1.82) is 0 Å². The first-order valence-corrected chi connectivity index (χ1v) is 14.0. The van der Waals surface area contributed by atoms with E-state index in [1.165, 1.54) is 148 Å². The van der Waals surface area contributed by atoms with Gasteiger partial charge in [0.05, 0.1) is 6.10 Å². The third-order valence-electron chi connectivity index (χ3n) is 7.10. The van der Waals surface area contributed by atoms with Crippen molar-refractivity contribution < 1.29 is 4.74 Å². The van der Waals surface area contributed by atoms with Crippen LogP contribution in [0.5, 0.6) is 0 Å². The van der Waals surface area contributed by atoms with E-state index in [0.29, 0.717) is 6.10 Å². The summed E-state index contributed by atoms with van der Waals surface area (Å²) in [6.45, 7) is 5.62. The smallest absolute Gasteiger partial charge is 0.0575 e. The molecule has 0 amide bonds. The van der Waals surface area contributed by atoms with Gasteiger partial charge in [0.2, 0.25) is 0 Å². The summed E-state index contributed by atoms with van der Waals surface area (Å²) in [5.74, 6) is 1.01. The molecule has 0 heterocycles. The van der Waals surface area contributed by atoms with Crippen molar-refractivity contribution in [2.75, 3.05) is 6.61 Å². The molecular weight excluding hydrogens is 352 g/mol. The van der Waals surface area contributed by atoms with Crippen molar-refractivity contribution >= 4 is 0 Å². The summed E-state index contributed by atoms with van der Waals surface area (Å²) in [5, 5.41) is 0. The molecule has 1 aliphatic carbocycles. The zero-order valence-corrected chi connectivity index (χ0v) is 20.5. The highest BCUT2D eigenvalue weighted by Gasteiger charge is 2.16. The normalized spacial score (nSPS) is 16.3. The van der Waals surface area contributed by atoms with Crippen molar-refractivity contribution in [3.63, 3.8) is 0 Å². The molecule has 0 N–H and O–H groups in total. The molecule has 0 aromatic heterocycles. The summed E-state index contributed by atoms with van der Waals surface area (Å²) in [7, 11) is 0. The van der Waals surface area contributed by atoms with E-state index in [1.807, 2.05) is 0 Å². The second-order valence-electron chi connectivity index (χ2n) is 9.96. The van der Waals surface area contributed by atoms with Gasteiger partial charge in [-0.05, 0) is 31.6 Å². The Morgan fingerprint density at radius 1 is 0.586 bits per heavy atom. The molecule has 29 heavy (non-hydrogen) atoms. The van der Waals surface area contributed by atoms with Gasteiger partial charge in [0.1, 0.15) is 0 Å². The van der Waals surface area contributed by atoms with E-state index >= 15 is 0 Å². The Morgan fingerprint density at radius 3 is 1.69 bits per heavy atom. The van der Waals surface area contributed by atoms with E-state index < -0.39 is 0 Å². The molecule has 0 bridgehead atoms. The van der Waals surface area contributed by atoms with Gasteiger partial charge in [-0.2, -0.15) is 0 Å². The minimum atomic E-state index is 0.553. The molecule has 0 aromatic carbocycles. The van der Waals surface area contributed by atoms with Gasteiger partial charge in [0.15, 0.2) is 0 Å². The molecule has 1 aliphatic rings. The van der Waals surface area contributed by atoms with E-state index in [-0.39, 0.29) is 0 Å². The number of unbranched alkanes of at least 4 members (excludes halogenated alkanes) is 13. The van der Waals surface area contributed by atoms with Crippen molar-refractivity contribution in [1.82, 2.24) is 0 Å². The highest BCUT2D eigenvalue weighted by molar-refractivity contribution is 4.69. The molecule has 0 aliphatic heterocycles. The van der Waals surface area contributed by atoms with Gasteiger partial charge in [0, 0.05) is 6.61 Å². The highest BCUT2D eigenvalue weighted by Crippen LogP contribution is 2.29. The first kappa shape index (κ1) is 27.0. The zero-order chi connectivity index (χ0) is 20.8. The minimum absolute atomic E-state index is 0.553. The largest absolute Gasteiger partial charge is 0.378 e. The van der Waals surface area contributed by atoms with Crippen LogP contribution in [0.2, 0.25) is 0 Å². The predicted molar refractivity (Wildman–Crippen MR) is 131 cm³/mol. The lowest BCUT2D eigenvalue weighted by atomic mass is 9.85. The monoisotopic (exact) mass is 408 g/mol. The van der Waals surface area contributed by atoms with E-state index in [9.17, 15) is 0 Å². The van der Waals surface area contributed by atoms with Gasteiger partial charge >= 0.3 is 0 Å². The van der Waals surface area contributed by atoms with E-state index in [2.05, 4.69) is 13.8 Å². The average molecular weight is 409 g/mol. The number of hydrogen-bond acceptors (Lipinski definition) is 1. The van der Waals surface area contributed by atoms with Crippen LogP contribution in [0, 0.1) is 5.92 Å².